The normalized spacial score (nSPS) is 22.0. The topological polar surface area (TPSA) is 24.5 Å². The van der Waals surface area contributed by atoms with E-state index in [0.29, 0.717) is 12.0 Å². The third-order valence-corrected chi connectivity index (χ3v) is 4.50. The van der Waals surface area contributed by atoms with Gasteiger partial charge < -0.3 is 10.1 Å². The number of morpholine rings is 1. The van der Waals surface area contributed by atoms with Gasteiger partial charge in [-0.3, -0.25) is 4.90 Å². The Morgan fingerprint density at radius 1 is 1.10 bits per heavy atom. The molecule has 0 radical (unpaired) electrons. The molecule has 1 aromatic rings. The zero-order chi connectivity index (χ0) is 15.4. The van der Waals surface area contributed by atoms with E-state index in [1.165, 1.54) is 11.1 Å². The summed E-state index contributed by atoms with van der Waals surface area (Å²) in [4.78, 5) is 2.50. The SMILES string of the molecule is CNC(c1ccc(C(C)C)cc1)C1CN(C(C)C)CCO1. The van der Waals surface area contributed by atoms with E-state index >= 15 is 0 Å². The molecular weight excluding hydrogens is 260 g/mol. The first-order chi connectivity index (χ1) is 10.0. The van der Waals surface area contributed by atoms with E-state index < -0.39 is 0 Å². The smallest absolute Gasteiger partial charge is 0.0896 e. The van der Waals surface area contributed by atoms with E-state index in [4.69, 9.17) is 4.74 Å². The summed E-state index contributed by atoms with van der Waals surface area (Å²) < 4.78 is 6.04. The quantitative estimate of drug-likeness (QED) is 0.901. The van der Waals surface area contributed by atoms with Crippen LogP contribution in [0.2, 0.25) is 0 Å². The van der Waals surface area contributed by atoms with E-state index in [1.54, 1.807) is 0 Å². The zero-order valence-corrected chi connectivity index (χ0v) is 14.1. The minimum atomic E-state index is 0.219. The number of ether oxygens (including phenoxy) is 1. The molecule has 21 heavy (non-hydrogen) atoms. The van der Waals surface area contributed by atoms with Crippen molar-refractivity contribution in [3.8, 4) is 0 Å². The Balaban J connectivity index is 2.11. The Kier molecular flexibility index (Phi) is 5.80. The number of nitrogens with zero attached hydrogens (tertiary/aromatic N) is 1. The number of rotatable bonds is 5. The van der Waals surface area contributed by atoms with Crippen LogP contribution in [0, 0.1) is 0 Å². The molecule has 2 unspecified atom stereocenters. The van der Waals surface area contributed by atoms with Crippen molar-refractivity contribution in [2.75, 3.05) is 26.7 Å². The Bertz CT molecular complexity index is 427. The van der Waals surface area contributed by atoms with Crippen LogP contribution < -0.4 is 5.32 Å². The van der Waals surface area contributed by atoms with E-state index in [9.17, 15) is 0 Å². The van der Waals surface area contributed by atoms with Crippen molar-refractivity contribution in [2.45, 2.75) is 51.8 Å². The fourth-order valence-electron chi connectivity index (χ4n) is 3.02. The molecule has 1 fully saturated rings. The zero-order valence-electron chi connectivity index (χ0n) is 14.1. The molecule has 0 aromatic heterocycles. The van der Waals surface area contributed by atoms with Gasteiger partial charge in [0.25, 0.3) is 0 Å². The highest BCUT2D eigenvalue weighted by Gasteiger charge is 2.29. The summed E-state index contributed by atoms with van der Waals surface area (Å²) in [6.45, 7) is 11.8. The van der Waals surface area contributed by atoms with Crippen molar-refractivity contribution >= 4 is 0 Å². The number of hydrogen-bond donors (Lipinski definition) is 1. The summed E-state index contributed by atoms with van der Waals surface area (Å²) >= 11 is 0. The summed E-state index contributed by atoms with van der Waals surface area (Å²) in [5.41, 5.74) is 2.71. The molecule has 1 aliphatic rings. The molecule has 0 amide bonds. The predicted octanol–water partition coefficient (Wildman–Crippen LogP) is 3.18. The number of nitrogens with one attached hydrogen (secondary N) is 1. The lowest BCUT2D eigenvalue weighted by Gasteiger charge is -2.39. The fraction of sp³-hybridized carbons (Fsp3) is 0.667. The summed E-state index contributed by atoms with van der Waals surface area (Å²) in [5.74, 6) is 0.578. The maximum Gasteiger partial charge on any atom is 0.0896 e. The minimum absolute atomic E-state index is 0.219. The van der Waals surface area contributed by atoms with Crippen molar-refractivity contribution < 1.29 is 4.74 Å². The van der Waals surface area contributed by atoms with Crippen LogP contribution in [0.4, 0.5) is 0 Å². The standard InChI is InChI=1S/C18H30N2O/c1-13(2)15-6-8-16(9-7-15)18(19-5)17-12-20(14(3)4)10-11-21-17/h6-9,13-14,17-19H,10-12H2,1-5H3. The van der Waals surface area contributed by atoms with Gasteiger partial charge in [0.15, 0.2) is 0 Å². The van der Waals surface area contributed by atoms with Gasteiger partial charge in [-0.1, -0.05) is 38.1 Å². The molecule has 2 atom stereocenters. The Morgan fingerprint density at radius 3 is 2.24 bits per heavy atom. The molecule has 0 spiro atoms. The van der Waals surface area contributed by atoms with E-state index in [-0.39, 0.29) is 12.1 Å². The van der Waals surface area contributed by atoms with Crippen LogP contribution in [0.3, 0.4) is 0 Å². The number of likely N-dealkylation sites (N-methyl/N-ethyl adjacent to an activating group) is 1. The molecule has 3 nitrogen and oxygen atoms in total. The highest BCUT2D eigenvalue weighted by atomic mass is 16.5. The molecular formula is C18H30N2O. The molecule has 1 N–H and O–H groups in total. The van der Waals surface area contributed by atoms with Crippen molar-refractivity contribution in [3.63, 3.8) is 0 Å². The largest absolute Gasteiger partial charge is 0.374 e. The summed E-state index contributed by atoms with van der Waals surface area (Å²) in [7, 11) is 2.03. The van der Waals surface area contributed by atoms with Crippen LogP contribution >= 0.6 is 0 Å². The maximum atomic E-state index is 6.04. The van der Waals surface area contributed by atoms with Gasteiger partial charge in [0, 0.05) is 19.1 Å². The highest BCUT2D eigenvalue weighted by Crippen LogP contribution is 2.25. The van der Waals surface area contributed by atoms with E-state index in [0.717, 1.165) is 19.7 Å². The molecule has 0 bridgehead atoms. The molecule has 0 aliphatic carbocycles. The van der Waals surface area contributed by atoms with Crippen LogP contribution in [-0.4, -0.2) is 43.8 Å². The highest BCUT2D eigenvalue weighted by molar-refractivity contribution is 5.27. The first-order valence-electron chi connectivity index (χ1n) is 8.15. The van der Waals surface area contributed by atoms with Gasteiger partial charge >= 0.3 is 0 Å². The van der Waals surface area contributed by atoms with Gasteiger partial charge in [0.2, 0.25) is 0 Å². The predicted molar refractivity (Wildman–Crippen MR) is 88.8 cm³/mol. The van der Waals surface area contributed by atoms with Crippen molar-refractivity contribution in [1.82, 2.24) is 10.2 Å². The minimum Gasteiger partial charge on any atom is -0.374 e. The van der Waals surface area contributed by atoms with Crippen LogP contribution in [0.1, 0.15) is 50.8 Å². The van der Waals surface area contributed by atoms with Crippen molar-refractivity contribution in [1.29, 1.82) is 0 Å². The third-order valence-electron chi connectivity index (χ3n) is 4.50. The van der Waals surface area contributed by atoms with E-state index in [2.05, 4.69) is 62.2 Å². The van der Waals surface area contributed by atoms with Crippen LogP contribution in [0.5, 0.6) is 0 Å². The number of hydrogen-bond acceptors (Lipinski definition) is 3. The Hall–Kier alpha value is -0.900. The Labute approximate surface area is 129 Å². The molecule has 2 rings (SSSR count). The number of benzene rings is 1. The Morgan fingerprint density at radius 2 is 1.71 bits per heavy atom. The van der Waals surface area contributed by atoms with Gasteiger partial charge in [-0.15, -0.1) is 0 Å². The molecule has 0 saturated carbocycles. The molecule has 1 heterocycles. The van der Waals surface area contributed by atoms with Gasteiger partial charge in [-0.25, -0.2) is 0 Å². The summed E-state index contributed by atoms with van der Waals surface area (Å²) in [6, 6.07) is 9.81. The average Bonchev–Trinajstić information content (AvgIpc) is 2.49. The first-order valence-corrected chi connectivity index (χ1v) is 8.15. The monoisotopic (exact) mass is 290 g/mol. The van der Waals surface area contributed by atoms with Crippen LogP contribution in [0.15, 0.2) is 24.3 Å². The molecule has 1 aliphatic heterocycles. The second-order valence-corrected chi connectivity index (χ2v) is 6.59. The second-order valence-electron chi connectivity index (χ2n) is 6.59. The van der Waals surface area contributed by atoms with Crippen LogP contribution in [0.25, 0.3) is 0 Å². The average molecular weight is 290 g/mol. The van der Waals surface area contributed by atoms with Crippen molar-refractivity contribution in [2.24, 2.45) is 0 Å². The van der Waals surface area contributed by atoms with Gasteiger partial charge in [-0.2, -0.15) is 0 Å². The molecule has 118 valence electrons. The fourth-order valence-corrected chi connectivity index (χ4v) is 3.02. The lowest BCUT2D eigenvalue weighted by molar-refractivity contribution is -0.0550. The maximum absolute atomic E-state index is 6.04. The second kappa shape index (κ2) is 7.39. The molecule has 1 aromatic carbocycles. The van der Waals surface area contributed by atoms with Crippen LogP contribution in [-0.2, 0) is 4.74 Å². The molecule has 3 heteroatoms. The van der Waals surface area contributed by atoms with Gasteiger partial charge in [0.1, 0.15) is 0 Å². The first kappa shape index (κ1) is 16.5. The summed E-state index contributed by atoms with van der Waals surface area (Å²) in [6.07, 6.45) is 0.219. The molecule has 1 saturated heterocycles. The van der Waals surface area contributed by atoms with E-state index in [1.807, 2.05) is 7.05 Å². The lowest BCUT2D eigenvalue weighted by atomic mass is 9.96. The summed E-state index contributed by atoms with van der Waals surface area (Å²) in [5, 5.41) is 3.44. The van der Waals surface area contributed by atoms with Gasteiger partial charge in [0.05, 0.1) is 18.8 Å². The third kappa shape index (κ3) is 4.06. The lowest BCUT2D eigenvalue weighted by Crippen LogP contribution is -2.49. The van der Waals surface area contributed by atoms with Crippen molar-refractivity contribution in [3.05, 3.63) is 35.4 Å². The van der Waals surface area contributed by atoms with Gasteiger partial charge in [-0.05, 0) is 37.9 Å².